The average molecular weight is 280 g/mol. The summed E-state index contributed by atoms with van der Waals surface area (Å²) in [6, 6.07) is 15.3. The third-order valence-corrected chi connectivity index (χ3v) is 3.82. The molecule has 3 aromatic carbocycles. The quantitative estimate of drug-likeness (QED) is 0.473. The Morgan fingerprint density at radius 2 is 1.71 bits per heavy atom. The molecule has 3 heteroatoms. The van der Waals surface area contributed by atoms with Crippen LogP contribution in [0.1, 0.15) is 0 Å². The Balaban J connectivity index is 2.61. The lowest BCUT2D eigenvalue weighted by molar-refractivity contribution is 1.74. The van der Waals surface area contributed by atoms with Crippen molar-refractivity contribution < 1.29 is 0 Å². The number of benzene rings is 3. The fraction of sp³-hybridized carbons (Fsp3) is 0. The monoisotopic (exact) mass is 278 g/mol. The molecule has 0 fully saturated rings. The van der Waals surface area contributed by atoms with Gasteiger partial charge in [0.25, 0.3) is 0 Å². The minimum atomic E-state index is 0.428. The van der Waals surface area contributed by atoms with Crippen LogP contribution in [0, 0.1) is 12.1 Å². The molecule has 3 aromatic rings. The van der Waals surface area contributed by atoms with Crippen LogP contribution in [0.2, 0.25) is 15.1 Å². The first-order chi connectivity index (χ1) is 8.18. The number of fused-ring (bicyclic) bond motifs is 3. The lowest BCUT2D eigenvalue weighted by atomic mass is 10.0. The Morgan fingerprint density at radius 3 is 2.53 bits per heavy atom. The van der Waals surface area contributed by atoms with Gasteiger partial charge in [0.1, 0.15) is 0 Å². The normalized spacial score (nSPS) is 11.2. The number of halogens is 3. The highest BCUT2D eigenvalue weighted by Gasteiger charge is 2.09. The number of hydrogen-bond acceptors (Lipinski definition) is 0. The van der Waals surface area contributed by atoms with E-state index in [0.717, 1.165) is 21.5 Å². The smallest absolute Gasteiger partial charge is 0.0677 e. The summed E-state index contributed by atoms with van der Waals surface area (Å²) >= 11 is 18.3. The molecule has 82 valence electrons. The lowest BCUT2D eigenvalue weighted by Gasteiger charge is -2.07. The Labute approximate surface area is 114 Å². The lowest BCUT2D eigenvalue weighted by Crippen LogP contribution is -1.81. The van der Waals surface area contributed by atoms with Gasteiger partial charge < -0.3 is 0 Å². The van der Waals surface area contributed by atoms with E-state index < -0.39 is 0 Å². The molecule has 0 heterocycles. The molecule has 0 spiro atoms. The molecule has 0 aliphatic heterocycles. The molecule has 0 aliphatic rings. The van der Waals surface area contributed by atoms with E-state index in [2.05, 4.69) is 12.1 Å². The molecule has 0 aliphatic carbocycles. The fourth-order valence-corrected chi connectivity index (χ4v) is 2.61. The Hall–Kier alpha value is -0.950. The van der Waals surface area contributed by atoms with E-state index in [9.17, 15) is 0 Å². The summed E-state index contributed by atoms with van der Waals surface area (Å²) in [6.45, 7) is 0. The van der Waals surface area contributed by atoms with Gasteiger partial charge in [-0.15, -0.1) is 0 Å². The Morgan fingerprint density at radius 1 is 0.882 bits per heavy atom. The van der Waals surface area contributed by atoms with Crippen molar-refractivity contribution in [3.05, 3.63) is 57.5 Å². The molecule has 0 saturated carbocycles. The van der Waals surface area contributed by atoms with Gasteiger partial charge in [0, 0.05) is 21.9 Å². The number of rotatable bonds is 0. The molecule has 0 amide bonds. The standard InChI is InChI=1S/C14H5Cl3/c15-11-3-1-2-8-4-5-10-9(13(8)11)6-7-12(16)14(10)17/h2-6H. The molecule has 0 saturated heterocycles. The third-order valence-electron chi connectivity index (χ3n) is 2.74. The summed E-state index contributed by atoms with van der Waals surface area (Å²) in [6.07, 6.45) is 0. The van der Waals surface area contributed by atoms with Crippen LogP contribution >= 0.6 is 34.8 Å². The van der Waals surface area contributed by atoms with Gasteiger partial charge in [-0.1, -0.05) is 46.9 Å². The minimum absolute atomic E-state index is 0.428. The van der Waals surface area contributed by atoms with E-state index in [-0.39, 0.29) is 0 Å². The van der Waals surface area contributed by atoms with Crippen molar-refractivity contribution in [3.63, 3.8) is 0 Å². The summed E-state index contributed by atoms with van der Waals surface area (Å²) in [5, 5.41) is 5.41. The van der Waals surface area contributed by atoms with Crippen LogP contribution in [0.4, 0.5) is 0 Å². The van der Waals surface area contributed by atoms with Gasteiger partial charge in [-0.05, 0) is 35.0 Å². The van der Waals surface area contributed by atoms with Crippen molar-refractivity contribution in [2.75, 3.05) is 0 Å². The molecule has 3 rings (SSSR count). The van der Waals surface area contributed by atoms with Gasteiger partial charge in [-0.25, -0.2) is 0 Å². The topological polar surface area (TPSA) is 0 Å². The molecule has 0 N–H and O–H groups in total. The van der Waals surface area contributed by atoms with E-state index >= 15 is 0 Å². The molecule has 0 aromatic heterocycles. The average Bonchev–Trinajstić information content (AvgIpc) is 2.33. The van der Waals surface area contributed by atoms with Crippen molar-refractivity contribution in [3.8, 4) is 0 Å². The first kappa shape index (κ1) is 11.2. The maximum absolute atomic E-state index is 6.21. The molecule has 0 unspecified atom stereocenters. The Kier molecular flexibility index (Phi) is 2.67. The molecule has 2 radical (unpaired) electrons. The van der Waals surface area contributed by atoms with Gasteiger partial charge in [-0.2, -0.15) is 0 Å². The van der Waals surface area contributed by atoms with Gasteiger partial charge >= 0.3 is 0 Å². The summed E-state index contributed by atoms with van der Waals surface area (Å²) in [4.78, 5) is 0. The highest BCUT2D eigenvalue weighted by atomic mass is 35.5. The van der Waals surface area contributed by atoms with Crippen LogP contribution in [-0.4, -0.2) is 0 Å². The summed E-state index contributed by atoms with van der Waals surface area (Å²) in [5.74, 6) is 0. The van der Waals surface area contributed by atoms with E-state index in [1.165, 1.54) is 0 Å². The zero-order valence-electron chi connectivity index (χ0n) is 8.52. The second-order valence-electron chi connectivity index (χ2n) is 3.71. The summed E-state index contributed by atoms with van der Waals surface area (Å²) in [5.41, 5.74) is 0. The molecule has 17 heavy (non-hydrogen) atoms. The largest absolute Gasteiger partial charge is 0.0836 e. The van der Waals surface area contributed by atoms with Crippen molar-refractivity contribution in [1.29, 1.82) is 0 Å². The first-order valence-corrected chi connectivity index (χ1v) is 6.09. The van der Waals surface area contributed by atoms with Crippen molar-refractivity contribution in [2.24, 2.45) is 0 Å². The van der Waals surface area contributed by atoms with Gasteiger partial charge in [0.15, 0.2) is 0 Å². The van der Waals surface area contributed by atoms with E-state index in [0.29, 0.717) is 15.1 Å². The molecular weight excluding hydrogens is 275 g/mol. The first-order valence-electron chi connectivity index (χ1n) is 4.96. The molecule has 0 nitrogen and oxygen atoms in total. The van der Waals surface area contributed by atoms with Crippen LogP contribution in [0.3, 0.4) is 0 Å². The van der Waals surface area contributed by atoms with Crippen molar-refractivity contribution in [2.45, 2.75) is 0 Å². The predicted molar refractivity (Wildman–Crippen MR) is 74.2 cm³/mol. The molecule has 0 bridgehead atoms. The van der Waals surface area contributed by atoms with Crippen LogP contribution in [0.15, 0.2) is 30.3 Å². The minimum Gasteiger partial charge on any atom is -0.0836 e. The van der Waals surface area contributed by atoms with Gasteiger partial charge in [0.2, 0.25) is 0 Å². The molecule has 0 atom stereocenters. The zero-order chi connectivity index (χ0) is 12.0. The summed E-state index contributed by atoms with van der Waals surface area (Å²) in [7, 11) is 0. The highest BCUT2D eigenvalue weighted by Crippen LogP contribution is 2.36. The van der Waals surface area contributed by atoms with Crippen molar-refractivity contribution >= 4 is 56.3 Å². The van der Waals surface area contributed by atoms with Crippen molar-refractivity contribution in [1.82, 2.24) is 0 Å². The van der Waals surface area contributed by atoms with Crippen LogP contribution in [0.25, 0.3) is 21.5 Å². The maximum Gasteiger partial charge on any atom is 0.0677 e. The Bertz CT molecular complexity index is 732. The van der Waals surface area contributed by atoms with E-state index in [4.69, 9.17) is 34.8 Å². The third kappa shape index (κ3) is 1.68. The SMILES string of the molecule is Clc1[c]cc2c(ccc3c[c]cc(Cl)c32)c1Cl. The van der Waals surface area contributed by atoms with Crippen LogP contribution in [0.5, 0.6) is 0 Å². The second kappa shape index (κ2) is 4.06. The maximum atomic E-state index is 6.21. The molecular formula is C14H5Cl3. The highest BCUT2D eigenvalue weighted by molar-refractivity contribution is 6.46. The van der Waals surface area contributed by atoms with Gasteiger partial charge in [-0.3, -0.25) is 0 Å². The second-order valence-corrected chi connectivity index (χ2v) is 4.87. The van der Waals surface area contributed by atoms with E-state index in [1.807, 2.05) is 24.3 Å². The zero-order valence-corrected chi connectivity index (χ0v) is 10.8. The van der Waals surface area contributed by atoms with E-state index in [1.54, 1.807) is 6.07 Å². The van der Waals surface area contributed by atoms with Crippen LogP contribution < -0.4 is 0 Å². The van der Waals surface area contributed by atoms with Crippen LogP contribution in [-0.2, 0) is 0 Å². The predicted octanol–water partition coefficient (Wildman–Crippen LogP) is 5.55. The van der Waals surface area contributed by atoms with Gasteiger partial charge in [0.05, 0.1) is 10.0 Å². The fourth-order valence-electron chi connectivity index (χ4n) is 1.96. The number of hydrogen-bond donors (Lipinski definition) is 0. The summed E-state index contributed by atoms with van der Waals surface area (Å²) < 4.78 is 0.